The Balaban J connectivity index is 1.49. The molecule has 1 aromatic carbocycles. The quantitative estimate of drug-likeness (QED) is 0.496. The van der Waals surface area contributed by atoms with Crippen LogP contribution in [0.3, 0.4) is 0 Å². The van der Waals surface area contributed by atoms with E-state index in [2.05, 4.69) is 29.2 Å². The lowest BCUT2D eigenvalue weighted by atomic mass is 9.77. The van der Waals surface area contributed by atoms with Gasteiger partial charge in [-0.3, -0.25) is 24.2 Å². The summed E-state index contributed by atoms with van der Waals surface area (Å²) in [6.45, 7) is 2.85. The number of fused-ring (bicyclic) bond motifs is 3. The predicted octanol–water partition coefficient (Wildman–Crippen LogP) is 3.79. The normalized spacial score (nSPS) is 32.9. The van der Waals surface area contributed by atoms with E-state index in [0.717, 1.165) is 12.0 Å². The minimum atomic E-state index is -1.03. The molecule has 172 valence electrons. The maximum Gasteiger partial charge on any atom is 0.327 e. The average Bonchev–Trinajstić information content (AvgIpc) is 3.43. The van der Waals surface area contributed by atoms with E-state index >= 15 is 0 Å². The average molecular weight is 457 g/mol. The first kappa shape index (κ1) is 22.0. The molecule has 0 unspecified atom stereocenters. The number of likely N-dealkylation sites (tertiary alicyclic amines) is 1. The maximum absolute atomic E-state index is 13.3. The number of hydrogen-bond donors (Lipinski definition) is 0. The number of esters is 1. The molecule has 3 heterocycles. The van der Waals surface area contributed by atoms with E-state index in [1.165, 1.54) is 49.0 Å². The standard InChI is InChI=1S/C25H32N2O4S/c1-3-26-22(28)19-20(23(26)29)25(24(30)31-2)14-7-15-27(25)21(19)16-10-12-18(13-11-16)32-17-8-5-4-6-9-17/h10-13,17,19-21H,3-9,14-15H2,1-2H3/t19-,20-,21+,25-/m0/s1. The summed E-state index contributed by atoms with van der Waals surface area (Å²) in [5.74, 6) is -1.93. The van der Waals surface area contributed by atoms with Gasteiger partial charge in [-0.1, -0.05) is 31.4 Å². The first-order valence-corrected chi connectivity index (χ1v) is 12.9. The molecule has 7 heteroatoms. The molecule has 4 aliphatic rings. The van der Waals surface area contributed by atoms with Gasteiger partial charge in [0, 0.05) is 22.7 Å². The minimum absolute atomic E-state index is 0.147. The summed E-state index contributed by atoms with van der Waals surface area (Å²) in [4.78, 5) is 44.5. The van der Waals surface area contributed by atoms with Gasteiger partial charge in [0.05, 0.1) is 18.9 Å². The fraction of sp³-hybridized carbons (Fsp3) is 0.640. The number of hydrogen-bond acceptors (Lipinski definition) is 6. The van der Waals surface area contributed by atoms with Crippen molar-refractivity contribution in [3.63, 3.8) is 0 Å². The molecule has 3 aliphatic heterocycles. The molecule has 32 heavy (non-hydrogen) atoms. The third-order valence-electron chi connectivity index (χ3n) is 8.03. The molecule has 1 saturated carbocycles. The molecular weight excluding hydrogens is 424 g/mol. The van der Waals surface area contributed by atoms with Gasteiger partial charge in [-0.2, -0.15) is 0 Å². The molecular formula is C25H32N2O4S. The van der Waals surface area contributed by atoms with Crippen molar-refractivity contribution in [3.8, 4) is 0 Å². The van der Waals surface area contributed by atoms with E-state index in [1.54, 1.807) is 0 Å². The van der Waals surface area contributed by atoms with Crippen molar-refractivity contribution in [2.45, 2.75) is 73.6 Å². The molecule has 1 aromatic rings. The molecule has 4 fully saturated rings. The SMILES string of the molecule is CCN1C(=O)[C@@H]2[C@@H](c3ccc(SC4CCCCC4)cc3)N3CCC[C@@]3(C(=O)OC)[C@@H]2C1=O. The van der Waals surface area contributed by atoms with Crippen LogP contribution in [-0.4, -0.2) is 58.6 Å². The molecule has 0 aromatic heterocycles. The van der Waals surface area contributed by atoms with Gasteiger partial charge in [0.15, 0.2) is 0 Å². The first-order chi connectivity index (χ1) is 15.5. The Hall–Kier alpha value is -1.86. The molecule has 0 spiro atoms. The molecule has 1 aliphatic carbocycles. The lowest BCUT2D eigenvalue weighted by Crippen LogP contribution is -2.54. The number of nitrogens with zero attached hydrogens (tertiary/aromatic N) is 2. The largest absolute Gasteiger partial charge is 0.468 e. The molecule has 0 N–H and O–H groups in total. The molecule has 3 saturated heterocycles. The highest BCUT2D eigenvalue weighted by Gasteiger charge is 2.73. The first-order valence-electron chi connectivity index (χ1n) is 12.0. The Kier molecular flexibility index (Phi) is 5.82. The Bertz CT molecular complexity index is 913. The molecule has 5 rings (SSSR count). The van der Waals surface area contributed by atoms with Gasteiger partial charge in [0.2, 0.25) is 11.8 Å². The van der Waals surface area contributed by atoms with E-state index in [9.17, 15) is 14.4 Å². The highest BCUT2D eigenvalue weighted by Crippen LogP contribution is 2.59. The number of imide groups is 1. The van der Waals surface area contributed by atoms with Crippen molar-refractivity contribution in [1.29, 1.82) is 0 Å². The second-order valence-electron chi connectivity index (χ2n) is 9.53. The summed E-state index contributed by atoms with van der Waals surface area (Å²) < 4.78 is 5.22. The summed E-state index contributed by atoms with van der Waals surface area (Å²) in [5, 5.41) is 0.683. The third kappa shape index (κ3) is 3.15. The molecule has 0 radical (unpaired) electrons. The highest BCUT2D eigenvalue weighted by molar-refractivity contribution is 8.00. The van der Waals surface area contributed by atoms with Gasteiger partial charge in [-0.25, -0.2) is 0 Å². The van der Waals surface area contributed by atoms with Gasteiger partial charge >= 0.3 is 5.97 Å². The molecule has 4 atom stereocenters. The smallest absolute Gasteiger partial charge is 0.327 e. The zero-order chi connectivity index (χ0) is 22.5. The zero-order valence-electron chi connectivity index (χ0n) is 18.9. The van der Waals surface area contributed by atoms with Crippen LogP contribution < -0.4 is 0 Å². The number of methoxy groups -OCH3 is 1. The van der Waals surface area contributed by atoms with E-state index in [0.29, 0.717) is 24.8 Å². The van der Waals surface area contributed by atoms with Crippen molar-refractivity contribution >= 4 is 29.5 Å². The highest BCUT2D eigenvalue weighted by atomic mass is 32.2. The number of amides is 2. The molecule has 2 amide bonds. The van der Waals surface area contributed by atoms with Crippen LogP contribution in [0.2, 0.25) is 0 Å². The predicted molar refractivity (Wildman–Crippen MR) is 122 cm³/mol. The maximum atomic E-state index is 13.3. The Morgan fingerprint density at radius 2 is 1.81 bits per heavy atom. The zero-order valence-corrected chi connectivity index (χ0v) is 19.7. The van der Waals surface area contributed by atoms with Crippen LogP contribution in [0, 0.1) is 11.8 Å². The van der Waals surface area contributed by atoms with E-state index in [-0.39, 0.29) is 23.8 Å². The number of ether oxygens (including phenoxy) is 1. The van der Waals surface area contributed by atoms with Crippen molar-refractivity contribution in [2.75, 3.05) is 20.2 Å². The van der Waals surface area contributed by atoms with Crippen LogP contribution in [0.1, 0.15) is 63.5 Å². The summed E-state index contributed by atoms with van der Waals surface area (Å²) in [6.07, 6.45) is 7.90. The fourth-order valence-electron chi connectivity index (χ4n) is 6.69. The molecule has 0 bridgehead atoms. The topological polar surface area (TPSA) is 66.9 Å². The molecule has 6 nitrogen and oxygen atoms in total. The lowest BCUT2D eigenvalue weighted by molar-refractivity contribution is -0.159. The second-order valence-corrected chi connectivity index (χ2v) is 10.9. The van der Waals surface area contributed by atoms with Gasteiger partial charge in [-0.05, 0) is 56.8 Å². The number of thioether (sulfide) groups is 1. The van der Waals surface area contributed by atoms with Crippen LogP contribution >= 0.6 is 11.8 Å². The third-order valence-corrected chi connectivity index (χ3v) is 9.38. The van der Waals surface area contributed by atoms with Crippen LogP contribution in [0.15, 0.2) is 29.2 Å². The Morgan fingerprint density at radius 1 is 1.09 bits per heavy atom. The minimum Gasteiger partial charge on any atom is -0.468 e. The van der Waals surface area contributed by atoms with E-state index < -0.39 is 17.4 Å². The van der Waals surface area contributed by atoms with Gasteiger partial charge in [0.1, 0.15) is 5.54 Å². The fourth-order valence-corrected chi connectivity index (χ4v) is 7.94. The summed E-state index contributed by atoms with van der Waals surface area (Å²) in [5.41, 5.74) is -0.0178. The second kappa shape index (κ2) is 8.49. The number of carbonyl (C=O) groups is 3. The Labute approximate surface area is 194 Å². The summed E-state index contributed by atoms with van der Waals surface area (Å²) >= 11 is 1.95. The van der Waals surface area contributed by atoms with Crippen molar-refractivity contribution < 1.29 is 19.1 Å². The lowest BCUT2D eigenvalue weighted by Gasteiger charge is -2.36. The van der Waals surface area contributed by atoms with Crippen LogP contribution in [0.5, 0.6) is 0 Å². The van der Waals surface area contributed by atoms with Gasteiger partial charge in [0.25, 0.3) is 0 Å². The van der Waals surface area contributed by atoms with E-state index in [4.69, 9.17) is 4.74 Å². The number of benzene rings is 1. The van der Waals surface area contributed by atoms with Crippen LogP contribution in [-0.2, 0) is 19.1 Å². The number of rotatable bonds is 5. The monoisotopic (exact) mass is 456 g/mol. The Morgan fingerprint density at radius 3 is 2.47 bits per heavy atom. The van der Waals surface area contributed by atoms with Crippen LogP contribution in [0.4, 0.5) is 0 Å². The van der Waals surface area contributed by atoms with Crippen LogP contribution in [0.25, 0.3) is 0 Å². The number of carbonyl (C=O) groups excluding carboxylic acids is 3. The van der Waals surface area contributed by atoms with Gasteiger partial charge < -0.3 is 4.74 Å². The van der Waals surface area contributed by atoms with Crippen molar-refractivity contribution in [3.05, 3.63) is 29.8 Å². The van der Waals surface area contributed by atoms with E-state index in [1.807, 2.05) is 18.7 Å². The summed E-state index contributed by atoms with van der Waals surface area (Å²) in [7, 11) is 1.38. The summed E-state index contributed by atoms with van der Waals surface area (Å²) in [6, 6.07) is 8.23. The van der Waals surface area contributed by atoms with Crippen molar-refractivity contribution in [2.24, 2.45) is 11.8 Å². The van der Waals surface area contributed by atoms with Crippen molar-refractivity contribution in [1.82, 2.24) is 9.80 Å². The van der Waals surface area contributed by atoms with Gasteiger partial charge in [-0.15, -0.1) is 11.8 Å².